The predicted octanol–water partition coefficient (Wildman–Crippen LogP) is 3.28. The highest BCUT2D eigenvalue weighted by atomic mass is 32.2. The van der Waals surface area contributed by atoms with Gasteiger partial charge in [0.25, 0.3) is 0 Å². The van der Waals surface area contributed by atoms with Gasteiger partial charge in [0.2, 0.25) is 10.0 Å². The molecular weight excluding hydrogens is 338 g/mol. The van der Waals surface area contributed by atoms with Crippen LogP contribution in [0.3, 0.4) is 0 Å². The normalized spacial score (nSPS) is 27.8. The number of sulfonamides is 1. The fraction of sp³-hybridized carbons (Fsp3) is 0.684. The molecule has 1 saturated heterocycles. The zero-order valence-corrected chi connectivity index (χ0v) is 16.5. The van der Waals surface area contributed by atoms with Crippen molar-refractivity contribution < 1.29 is 17.9 Å². The minimum absolute atomic E-state index is 0.0250. The Balaban J connectivity index is 1.95. The van der Waals surface area contributed by atoms with Crippen LogP contribution in [0.2, 0.25) is 0 Å². The highest BCUT2D eigenvalue weighted by Gasteiger charge is 2.48. The third-order valence-corrected chi connectivity index (χ3v) is 7.98. The summed E-state index contributed by atoms with van der Waals surface area (Å²) in [5.74, 6) is 0.617. The first kappa shape index (κ1) is 18.7. The number of benzene rings is 1. The molecule has 2 atom stereocenters. The van der Waals surface area contributed by atoms with Crippen LogP contribution < -0.4 is 4.74 Å². The van der Waals surface area contributed by atoms with Crippen LogP contribution in [0.15, 0.2) is 17.0 Å². The number of nitrogens with zero attached hydrogens (tertiary/aromatic N) is 1. The number of methoxy groups -OCH3 is 2. The fourth-order valence-electron chi connectivity index (χ4n) is 4.71. The molecule has 1 aromatic carbocycles. The Bertz CT molecular complexity index is 746. The van der Waals surface area contributed by atoms with Crippen molar-refractivity contribution in [2.75, 3.05) is 27.3 Å². The Morgan fingerprint density at radius 2 is 1.84 bits per heavy atom. The SMILES string of the molecule is COc1cc(S(=O)(=O)N2CCC[C@]3(CCC[C@H]3OC)C2)c(C)cc1C. The zero-order chi connectivity index (χ0) is 18.2. The van der Waals surface area contributed by atoms with Crippen molar-refractivity contribution in [1.29, 1.82) is 0 Å². The average Bonchev–Trinajstić information content (AvgIpc) is 2.96. The molecule has 25 heavy (non-hydrogen) atoms. The molecule has 1 aliphatic heterocycles. The molecule has 0 bridgehead atoms. The highest BCUT2D eigenvalue weighted by molar-refractivity contribution is 7.89. The molecule has 0 aromatic heterocycles. The molecular formula is C19H29NO4S. The number of rotatable bonds is 4. The first-order valence-electron chi connectivity index (χ1n) is 9.02. The lowest BCUT2D eigenvalue weighted by Crippen LogP contribution is -2.49. The van der Waals surface area contributed by atoms with Crippen LogP contribution in [-0.4, -0.2) is 46.1 Å². The van der Waals surface area contributed by atoms with E-state index in [1.54, 1.807) is 24.6 Å². The number of hydrogen-bond donors (Lipinski definition) is 0. The van der Waals surface area contributed by atoms with Crippen LogP contribution in [0, 0.1) is 19.3 Å². The van der Waals surface area contributed by atoms with E-state index in [4.69, 9.17) is 9.47 Å². The second kappa shape index (κ2) is 6.89. The van der Waals surface area contributed by atoms with Gasteiger partial charge in [-0.15, -0.1) is 0 Å². The number of ether oxygens (including phenoxy) is 2. The van der Waals surface area contributed by atoms with Gasteiger partial charge in [-0.1, -0.05) is 12.5 Å². The molecule has 1 aromatic rings. The molecule has 0 N–H and O–H groups in total. The van der Waals surface area contributed by atoms with Gasteiger partial charge in [0.1, 0.15) is 5.75 Å². The van der Waals surface area contributed by atoms with Crippen LogP contribution in [0.25, 0.3) is 0 Å². The number of piperidine rings is 1. The molecule has 140 valence electrons. The first-order chi connectivity index (χ1) is 11.8. The molecule has 5 nitrogen and oxygen atoms in total. The van der Waals surface area contributed by atoms with Crippen molar-refractivity contribution in [2.45, 2.75) is 57.0 Å². The van der Waals surface area contributed by atoms with Crippen molar-refractivity contribution in [3.63, 3.8) is 0 Å². The monoisotopic (exact) mass is 367 g/mol. The average molecular weight is 368 g/mol. The molecule has 0 radical (unpaired) electrons. The van der Waals surface area contributed by atoms with Crippen LogP contribution in [-0.2, 0) is 14.8 Å². The van der Waals surface area contributed by atoms with Crippen LogP contribution in [0.5, 0.6) is 5.75 Å². The molecule has 0 unspecified atom stereocenters. The van der Waals surface area contributed by atoms with Crippen molar-refractivity contribution in [3.8, 4) is 5.75 Å². The summed E-state index contributed by atoms with van der Waals surface area (Å²) in [5, 5.41) is 0. The predicted molar refractivity (Wildman–Crippen MR) is 97.5 cm³/mol. The van der Waals surface area contributed by atoms with E-state index >= 15 is 0 Å². The lowest BCUT2D eigenvalue weighted by atomic mass is 9.77. The van der Waals surface area contributed by atoms with Gasteiger partial charge < -0.3 is 9.47 Å². The first-order valence-corrected chi connectivity index (χ1v) is 10.5. The van der Waals surface area contributed by atoms with Crippen molar-refractivity contribution in [3.05, 3.63) is 23.3 Å². The Labute approximate surface area is 151 Å². The quantitative estimate of drug-likeness (QED) is 0.819. The highest BCUT2D eigenvalue weighted by Crippen LogP contribution is 2.47. The van der Waals surface area contributed by atoms with Crippen molar-refractivity contribution >= 4 is 10.0 Å². The third kappa shape index (κ3) is 3.20. The summed E-state index contributed by atoms with van der Waals surface area (Å²) in [6.45, 7) is 4.92. The van der Waals surface area contributed by atoms with Crippen molar-refractivity contribution in [1.82, 2.24) is 4.31 Å². The minimum Gasteiger partial charge on any atom is -0.496 e. The van der Waals surface area contributed by atoms with E-state index in [1.807, 2.05) is 19.9 Å². The lowest BCUT2D eigenvalue weighted by molar-refractivity contribution is -0.0184. The van der Waals surface area contributed by atoms with Gasteiger partial charge in [0.05, 0.1) is 18.1 Å². The van der Waals surface area contributed by atoms with E-state index in [2.05, 4.69) is 0 Å². The Kier molecular flexibility index (Phi) is 5.15. The molecule has 1 heterocycles. The van der Waals surface area contributed by atoms with E-state index in [0.717, 1.165) is 43.2 Å². The van der Waals surface area contributed by atoms with E-state index < -0.39 is 10.0 Å². The molecule has 2 aliphatic rings. The van der Waals surface area contributed by atoms with E-state index in [9.17, 15) is 8.42 Å². The molecule has 1 saturated carbocycles. The number of aryl methyl sites for hydroxylation is 2. The third-order valence-electron chi connectivity index (χ3n) is 5.99. The summed E-state index contributed by atoms with van der Waals surface area (Å²) < 4.78 is 39.4. The van der Waals surface area contributed by atoms with Gasteiger partial charge in [0.15, 0.2) is 0 Å². The Morgan fingerprint density at radius 3 is 2.52 bits per heavy atom. The summed E-state index contributed by atoms with van der Waals surface area (Å²) >= 11 is 0. The second-order valence-corrected chi connectivity index (χ2v) is 9.41. The molecule has 3 rings (SSSR count). The standard InChI is InChI=1S/C19H29NO4S/c1-14-11-15(2)17(12-16(14)23-3)25(21,22)20-10-6-9-19(13-20)8-5-7-18(19)24-4/h11-12,18H,5-10,13H2,1-4H3/t18-,19-/m1/s1. The Morgan fingerprint density at radius 1 is 1.12 bits per heavy atom. The number of hydrogen-bond acceptors (Lipinski definition) is 4. The van der Waals surface area contributed by atoms with E-state index in [1.165, 1.54) is 0 Å². The maximum atomic E-state index is 13.4. The van der Waals surface area contributed by atoms with Crippen molar-refractivity contribution in [2.24, 2.45) is 5.41 Å². The topological polar surface area (TPSA) is 55.8 Å². The smallest absolute Gasteiger partial charge is 0.243 e. The minimum atomic E-state index is -3.54. The largest absolute Gasteiger partial charge is 0.496 e. The van der Waals surface area contributed by atoms with Gasteiger partial charge in [-0.3, -0.25) is 0 Å². The van der Waals surface area contributed by atoms with Crippen LogP contribution in [0.4, 0.5) is 0 Å². The maximum absolute atomic E-state index is 13.4. The van der Waals surface area contributed by atoms with E-state index in [0.29, 0.717) is 23.7 Å². The molecule has 6 heteroatoms. The molecule has 1 spiro atoms. The lowest BCUT2D eigenvalue weighted by Gasteiger charge is -2.43. The van der Waals surface area contributed by atoms with Gasteiger partial charge in [0, 0.05) is 31.7 Å². The van der Waals surface area contributed by atoms with Gasteiger partial charge in [-0.25, -0.2) is 8.42 Å². The second-order valence-electron chi connectivity index (χ2n) is 7.51. The van der Waals surface area contributed by atoms with Crippen LogP contribution in [0.1, 0.15) is 43.2 Å². The van der Waals surface area contributed by atoms with Gasteiger partial charge >= 0.3 is 0 Å². The maximum Gasteiger partial charge on any atom is 0.243 e. The Hall–Kier alpha value is -1.11. The van der Waals surface area contributed by atoms with Gasteiger partial charge in [-0.2, -0.15) is 4.31 Å². The van der Waals surface area contributed by atoms with Gasteiger partial charge in [-0.05, 0) is 50.7 Å². The summed E-state index contributed by atoms with van der Waals surface area (Å²) in [7, 11) is -0.214. The molecule has 1 aliphatic carbocycles. The summed E-state index contributed by atoms with van der Waals surface area (Å²) in [5.41, 5.74) is 1.69. The fourth-order valence-corrected chi connectivity index (χ4v) is 6.51. The summed E-state index contributed by atoms with van der Waals surface area (Å²) in [4.78, 5) is 0.360. The van der Waals surface area contributed by atoms with Crippen LogP contribution >= 0.6 is 0 Å². The summed E-state index contributed by atoms with van der Waals surface area (Å²) in [6.07, 6.45) is 5.30. The summed E-state index contributed by atoms with van der Waals surface area (Å²) in [6, 6.07) is 3.56. The van der Waals surface area contributed by atoms with E-state index in [-0.39, 0.29) is 11.5 Å². The zero-order valence-electron chi connectivity index (χ0n) is 15.7. The molecule has 0 amide bonds. The molecule has 2 fully saturated rings.